The van der Waals surface area contributed by atoms with Crippen molar-refractivity contribution in [3.8, 4) is 6.07 Å². The molecule has 2 heterocycles. The highest BCUT2D eigenvalue weighted by molar-refractivity contribution is 7.98. The zero-order valence-corrected chi connectivity index (χ0v) is 14.0. The maximum Gasteiger partial charge on any atom is 0.254 e. The van der Waals surface area contributed by atoms with E-state index in [0.717, 1.165) is 22.0 Å². The van der Waals surface area contributed by atoms with Crippen molar-refractivity contribution in [3.05, 3.63) is 66.1 Å². The van der Waals surface area contributed by atoms with Crippen molar-refractivity contribution >= 4 is 23.3 Å². The van der Waals surface area contributed by atoms with Gasteiger partial charge >= 0.3 is 0 Å². The van der Waals surface area contributed by atoms with Crippen LogP contribution >= 0.6 is 11.8 Å². The second-order valence-electron chi connectivity index (χ2n) is 5.33. The zero-order chi connectivity index (χ0) is 16.9. The maximum absolute atomic E-state index is 12.1. The van der Waals surface area contributed by atoms with Crippen molar-refractivity contribution in [2.45, 2.75) is 10.6 Å². The van der Waals surface area contributed by atoms with E-state index >= 15 is 0 Å². The third kappa shape index (κ3) is 3.58. The van der Waals surface area contributed by atoms with Crippen LogP contribution in [0.4, 0.5) is 0 Å². The first-order valence-corrected chi connectivity index (χ1v) is 8.44. The van der Waals surface area contributed by atoms with Crippen LogP contribution in [0, 0.1) is 11.3 Å². The van der Waals surface area contributed by atoms with Crippen LogP contribution in [-0.4, -0.2) is 33.8 Å². The van der Waals surface area contributed by atoms with Crippen molar-refractivity contribution in [3.63, 3.8) is 0 Å². The first kappa shape index (κ1) is 16.1. The van der Waals surface area contributed by atoms with Crippen molar-refractivity contribution in [1.82, 2.24) is 14.3 Å². The first-order chi connectivity index (χ1) is 11.7. The van der Waals surface area contributed by atoms with E-state index in [1.54, 1.807) is 30.9 Å². The van der Waals surface area contributed by atoms with Crippen molar-refractivity contribution < 1.29 is 4.79 Å². The van der Waals surface area contributed by atoms with Crippen molar-refractivity contribution in [1.29, 1.82) is 5.26 Å². The Morgan fingerprint density at radius 3 is 2.79 bits per heavy atom. The van der Waals surface area contributed by atoms with Crippen LogP contribution in [0.25, 0.3) is 5.65 Å². The first-order valence-electron chi connectivity index (χ1n) is 7.45. The Morgan fingerprint density at radius 2 is 2.08 bits per heavy atom. The number of rotatable bonds is 5. The number of hydrogen-bond acceptors (Lipinski definition) is 4. The lowest BCUT2D eigenvalue weighted by Gasteiger charge is -2.13. The Bertz CT molecular complexity index is 862. The summed E-state index contributed by atoms with van der Waals surface area (Å²) in [5.41, 5.74) is 2.54. The van der Waals surface area contributed by atoms with Crippen LogP contribution in [0.2, 0.25) is 0 Å². The smallest absolute Gasteiger partial charge is 0.254 e. The minimum absolute atomic E-state index is 0.0865. The van der Waals surface area contributed by atoms with Gasteiger partial charge in [-0.25, -0.2) is 4.98 Å². The monoisotopic (exact) mass is 336 g/mol. The third-order valence-corrected chi connectivity index (χ3v) is 4.60. The van der Waals surface area contributed by atoms with Gasteiger partial charge in [0.25, 0.3) is 5.91 Å². The Hall–Kier alpha value is -2.78. The van der Waals surface area contributed by atoms with Gasteiger partial charge in [0.05, 0.1) is 11.8 Å². The second-order valence-corrected chi connectivity index (χ2v) is 6.38. The SMILES string of the molecule is CN(CC#N)C(=O)c1ccc(SCc2cn3ccccc3n2)cc1. The summed E-state index contributed by atoms with van der Waals surface area (Å²) < 4.78 is 2.00. The van der Waals surface area contributed by atoms with E-state index in [0.29, 0.717) is 5.56 Å². The van der Waals surface area contributed by atoms with Crippen molar-refractivity contribution in [2.24, 2.45) is 0 Å². The highest BCUT2D eigenvalue weighted by Gasteiger charge is 2.11. The molecule has 0 fully saturated rings. The number of nitrogens with zero attached hydrogens (tertiary/aromatic N) is 4. The molecule has 2 aromatic heterocycles. The number of fused-ring (bicyclic) bond motifs is 1. The molecular formula is C18H16N4OS. The van der Waals surface area contributed by atoms with Gasteiger partial charge in [0.15, 0.2) is 0 Å². The van der Waals surface area contributed by atoms with Gasteiger partial charge in [-0.2, -0.15) is 5.26 Å². The highest BCUT2D eigenvalue weighted by Crippen LogP contribution is 2.23. The van der Waals surface area contributed by atoms with E-state index < -0.39 is 0 Å². The predicted octanol–water partition coefficient (Wildman–Crippen LogP) is 3.22. The van der Waals surface area contributed by atoms with E-state index in [1.165, 1.54) is 4.90 Å². The number of carbonyl (C=O) groups is 1. The van der Waals surface area contributed by atoms with Crippen LogP contribution < -0.4 is 0 Å². The number of aromatic nitrogens is 2. The van der Waals surface area contributed by atoms with Gasteiger partial charge < -0.3 is 9.30 Å². The van der Waals surface area contributed by atoms with Gasteiger partial charge in [0.1, 0.15) is 12.2 Å². The van der Waals surface area contributed by atoms with E-state index in [2.05, 4.69) is 4.98 Å². The van der Waals surface area contributed by atoms with Crippen LogP contribution in [0.3, 0.4) is 0 Å². The van der Waals surface area contributed by atoms with E-state index in [9.17, 15) is 4.79 Å². The number of imidazole rings is 1. The molecule has 0 atom stereocenters. The molecule has 24 heavy (non-hydrogen) atoms. The lowest BCUT2D eigenvalue weighted by Crippen LogP contribution is -2.26. The molecular weight excluding hydrogens is 320 g/mol. The summed E-state index contributed by atoms with van der Waals surface area (Å²) in [4.78, 5) is 19.1. The molecule has 1 amide bonds. The molecule has 6 heteroatoms. The molecule has 0 unspecified atom stereocenters. The number of nitriles is 1. The zero-order valence-electron chi connectivity index (χ0n) is 13.2. The van der Waals surface area contributed by atoms with E-state index in [-0.39, 0.29) is 12.5 Å². The van der Waals surface area contributed by atoms with E-state index in [4.69, 9.17) is 5.26 Å². The largest absolute Gasteiger partial charge is 0.328 e. The minimum atomic E-state index is -0.145. The summed E-state index contributed by atoms with van der Waals surface area (Å²) >= 11 is 1.67. The van der Waals surface area contributed by atoms with Crippen LogP contribution in [0.5, 0.6) is 0 Å². The summed E-state index contributed by atoms with van der Waals surface area (Å²) in [6.45, 7) is 0.0865. The van der Waals surface area contributed by atoms with Gasteiger partial charge in [0.2, 0.25) is 0 Å². The highest BCUT2D eigenvalue weighted by atomic mass is 32.2. The normalized spacial score (nSPS) is 10.5. The average molecular weight is 336 g/mol. The maximum atomic E-state index is 12.1. The second kappa shape index (κ2) is 7.20. The van der Waals surface area contributed by atoms with Gasteiger partial charge in [0, 0.05) is 35.7 Å². The number of amides is 1. The average Bonchev–Trinajstić information content (AvgIpc) is 3.03. The summed E-state index contributed by atoms with van der Waals surface area (Å²) in [5.74, 6) is 0.622. The number of benzene rings is 1. The van der Waals surface area contributed by atoms with Crippen LogP contribution in [-0.2, 0) is 5.75 Å². The Morgan fingerprint density at radius 1 is 1.29 bits per heavy atom. The Kier molecular flexibility index (Phi) is 4.82. The van der Waals surface area contributed by atoms with Gasteiger partial charge in [-0.3, -0.25) is 4.79 Å². The summed E-state index contributed by atoms with van der Waals surface area (Å²) in [7, 11) is 1.62. The molecule has 0 saturated carbocycles. The third-order valence-electron chi connectivity index (χ3n) is 3.56. The molecule has 120 valence electrons. The number of pyridine rings is 1. The molecule has 0 bridgehead atoms. The fraction of sp³-hybridized carbons (Fsp3) is 0.167. The molecule has 0 aliphatic carbocycles. The molecule has 0 spiro atoms. The predicted molar refractivity (Wildman–Crippen MR) is 93.8 cm³/mol. The molecule has 3 aromatic rings. The minimum Gasteiger partial charge on any atom is -0.328 e. The Labute approximate surface area is 144 Å². The molecule has 0 radical (unpaired) electrons. The topological polar surface area (TPSA) is 61.4 Å². The summed E-state index contributed by atoms with van der Waals surface area (Å²) in [6.07, 6.45) is 4.01. The molecule has 0 N–H and O–H groups in total. The quantitative estimate of drug-likeness (QED) is 0.530. The van der Waals surface area contributed by atoms with Crippen LogP contribution in [0.15, 0.2) is 59.8 Å². The molecule has 0 aliphatic heterocycles. The molecule has 5 nitrogen and oxygen atoms in total. The van der Waals surface area contributed by atoms with Crippen molar-refractivity contribution in [2.75, 3.05) is 13.6 Å². The van der Waals surface area contributed by atoms with Gasteiger partial charge in [-0.05, 0) is 36.4 Å². The fourth-order valence-electron chi connectivity index (χ4n) is 2.31. The molecule has 3 rings (SSSR count). The standard InChI is InChI=1S/C18H16N4OS/c1-21(11-9-19)18(23)14-5-7-16(8-6-14)24-13-15-12-22-10-3-2-4-17(22)20-15/h2-8,10,12H,11,13H2,1H3. The summed E-state index contributed by atoms with van der Waals surface area (Å²) in [5, 5.41) is 8.65. The molecule has 0 saturated heterocycles. The lowest BCUT2D eigenvalue weighted by atomic mass is 10.2. The molecule has 0 aliphatic rings. The number of hydrogen-bond donors (Lipinski definition) is 0. The van der Waals surface area contributed by atoms with E-state index in [1.807, 2.05) is 53.2 Å². The number of thioether (sulfide) groups is 1. The molecule has 1 aromatic carbocycles. The fourth-order valence-corrected chi connectivity index (χ4v) is 3.09. The van der Waals surface area contributed by atoms with Gasteiger partial charge in [-0.1, -0.05) is 6.07 Å². The number of carbonyl (C=O) groups excluding carboxylic acids is 1. The van der Waals surface area contributed by atoms with Crippen LogP contribution in [0.1, 0.15) is 16.1 Å². The summed E-state index contributed by atoms with van der Waals surface area (Å²) in [6, 6.07) is 15.3. The Balaban J connectivity index is 1.64. The van der Waals surface area contributed by atoms with Gasteiger partial charge in [-0.15, -0.1) is 11.8 Å². The lowest BCUT2D eigenvalue weighted by molar-refractivity contribution is 0.0812.